The van der Waals surface area contributed by atoms with Crippen LogP contribution in [0.4, 0.5) is 0 Å². The average molecular weight is 168 g/mol. The van der Waals surface area contributed by atoms with Crippen LogP contribution in [0, 0.1) is 0 Å². The lowest BCUT2D eigenvalue weighted by atomic mass is 10.3. The average Bonchev–Trinajstić information content (AvgIpc) is 1.60. The smallest absolute Gasteiger partial charge is 0.155 e. The Labute approximate surface area is 60.4 Å². The molecule has 0 aromatic carbocycles. The molecule has 0 bridgehead atoms. The van der Waals surface area contributed by atoms with Gasteiger partial charge in [-0.1, -0.05) is 0 Å². The van der Waals surface area contributed by atoms with E-state index in [1.807, 2.05) is 0 Å². The summed E-state index contributed by atoms with van der Waals surface area (Å²) in [5, 5.41) is 16.3. The predicted molar refractivity (Wildman–Crippen MR) is 37.4 cm³/mol. The summed E-state index contributed by atoms with van der Waals surface area (Å²) in [6.07, 6.45) is -0.0272. The Morgan fingerprint density at radius 2 is 1.90 bits per heavy atom. The first-order valence-electron chi connectivity index (χ1n) is 2.87. The van der Waals surface area contributed by atoms with E-state index in [2.05, 4.69) is 0 Å². The third kappa shape index (κ3) is 2.64. The Balaban J connectivity index is 4.38. The maximum atomic E-state index is 10.7. The molecular weight excluding hydrogens is 156 g/mol. The third-order valence-corrected chi connectivity index (χ3v) is 2.91. The molecule has 0 saturated heterocycles. The first-order chi connectivity index (χ1) is 4.39. The molecule has 0 unspecified atom stereocenters. The van der Waals surface area contributed by atoms with Gasteiger partial charge in [0.1, 0.15) is 5.25 Å². The fourth-order valence-corrected chi connectivity index (χ4v) is 1.63. The Hall–Kier alpha value is -0.130. The zero-order valence-electron chi connectivity index (χ0n) is 5.98. The van der Waals surface area contributed by atoms with E-state index >= 15 is 0 Å². The highest BCUT2D eigenvalue weighted by atomic mass is 32.2. The van der Waals surface area contributed by atoms with Crippen LogP contribution in [0.15, 0.2) is 0 Å². The van der Waals surface area contributed by atoms with Crippen molar-refractivity contribution in [3.05, 3.63) is 0 Å². The first kappa shape index (κ1) is 9.87. The molecule has 10 heavy (non-hydrogen) atoms. The van der Waals surface area contributed by atoms with Gasteiger partial charge in [-0.25, -0.2) is 8.42 Å². The number of aliphatic hydroxyl groups is 2. The van der Waals surface area contributed by atoms with Gasteiger partial charge >= 0.3 is 0 Å². The lowest BCUT2D eigenvalue weighted by Gasteiger charge is -2.13. The molecule has 2 N–H and O–H groups in total. The monoisotopic (exact) mass is 168 g/mol. The summed E-state index contributed by atoms with van der Waals surface area (Å²) in [6, 6.07) is 0. The van der Waals surface area contributed by atoms with Gasteiger partial charge in [-0.05, 0) is 6.92 Å². The van der Waals surface area contributed by atoms with E-state index in [4.69, 9.17) is 10.2 Å². The summed E-state index contributed by atoms with van der Waals surface area (Å²) in [4.78, 5) is 0. The van der Waals surface area contributed by atoms with Crippen LogP contribution in [0.1, 0.15) is 6.92 Å². The van der Waals surface area contributed by atoms with Crippen LogP contribution in [0.25, 0.3) is 0 Å². The largest absolute Gasteiger partial charge is 0.395 e. The number of sulfone groups is 1. The van der Waals surface area contributed by atoms with Crippen molar-refractivity contribution in [1.29, 1.82) is 0 Å². The molecule has 0 aliphatic heterocycles. The Bertz CT molecular complexity index is 182. The summed E-state index contributed by atoms with van der Waals surface area (Å²) < 4.78 is 21.4. The molecule has 0 fully saturated rings. The third-order valence-electron chi connectivity index (χ3n) is 1.27. The standard InChI is InChI=1S/C5H12O4S/c1-4(7)5(3-6)10(2,8)9/h4-7H,3H2,1-2H3/t4-,5-/m0/s1. The minimum atomic E-state index is -3.31. The van der Waals surface area contributed by atoms with Crippen LogP contribution < -0.4 is 0 Å². The van der Waals surface area contributed by atoms with E-state index in [-0.39, 0.29) is 0 Å². The summed E-state index contributed by atoms with van der Waals surface area (Å²) in [5.74, 6) is 0. The van der Waals surface area contributed by atoms with Gasteiger partial charge in [0.05, 0.1) is 12.7 Å². The molecule has 0 aliphatic carbocycles. The zero-order valence-corrected chi connectivity index (χ0v) is 6.80. The lowest BCUT2D eigenvalue weighted by Crippen LogP contribution is -2.34. The Morgan fingerprint density at radius 3 is 1.90 bits per heavy atom. The fraction of sp³-hybridized carbons (Fsp3) is 1.00. The van der Waals surface area contributed by atoms with Crippen molar-refractivity contribution in [3.8, 4) is 0 Å². The van der Waals surface area contributed by atoms with Crippen molar-refractivity contribution in [1.82, 2.24) is 0 Å². The van der Waals surface area contributed by atoms with Crippen molar-refractivity contribution in [3.63, 3.8) is 0 Å². The zero-order chi connectivity index (χ0) is 8.36. The summed E-state index contributed by atoms with van der Waals surface area (Å²) >= 11 is 0. The second-order valence-electron chi connectivity index (χ2n) is 2.29. The van der Waals surface area contributed by atoms with E-state index in [1.54, 1.807) is 0 Å². The number of hydrogen-bond donors (Lipinski definition) is 2. The number of hydrogen-bond acceptors (Lipinski definition) is 4. The molecule has 0 aromatic heterocycles. The normalized spacial score (nSPS) is 18.4. The highest BCUT2D eigenvalue weighted by Gasteiger charge is 2.24. The van der Waals surface area contributed by atoms with Crippen LogP contribution in [0.5, 0.6) is 0 Å². The quantitative estimate of drug-likeness (QED) is 0.553. The van der Waals surface area contributed by atoms with Gasteiger partial charge in [-0.15, -0.1) is 0 Å². The minimum Gasteiger partial charge on any atom is -0.395 e. The lowest BCUT2D eigenvalue weighted by molar-refractivity contribution is 0.152. The van der Waals surface area contributed by atoms with E-state index < -0.39 is 27.8 Å². The molecule has 5 heteroatoms. The molecule has 0 rings (SSSR count). The minimum absolute atomic E-state index is 0.531. The first-order valence-corrected chi connectivity index (χ1v) is 4.83. The van der Waals surface area contributed by atoms with Gasteiger partial charge in [0, 0.05) is 6.26 Å². The molecular formula is C5H12O4S. The van der Waals surface area contributed by atoms with Crippen molar-refractivity contribution in [2.45, 2.75) is 18.3 Å². The summed E-state index contributed by atoms with van der Waals surface area (Å²) in [7, 11) is -3.31. The molecule has 62 valence electrons. The topological polar surface area (TPSA) is 74.6 Å². The van der Waals surface area contributed by atoms with E-state index in [0.29, 0.717) is 0 Å². The fourth-order valence-electron chi connectivity index (χ4n) is 0.646. The highest BCUT2D eigenvalue weighted by Crippen LogP contribution is 2.02. The van der Waals surface area contributed by atoms with Crippen molar-refractivity contribution in [2.24, 2.45) is 0 Å². The Morgan fingerprint density at radius 1 is 1.50 bits per heavy atom. The van der Waals surface area contributed by atoms with E-state index in [9.17, 15) is 8.42 Å². The van der Waals surface area contributed by atoms with Gasteiger partial charge < -0.3 is 10.2 Å². The second-order valence-corrected chi connectivity index (χ2v) is 4.56. The molecule has 0 aromatic rings. The van der Waals surface area contributed by atoms with Gasteiger partial charge in [-0.2, -0.15) is 0 Å². The van der Waals surface area contributed by atoms with Gasteiger partial charge in [0.15, 0.2) is 9.84 Å². The summed E-state index contributed by atoms with van der Waals surface area (Å²) in [6.45, 7) is 0.804. The maximum absolute atomic E-state index is 10.7. The molecule has 0 aliphatic rings. The van der Waals surface area contributed by atoms with E-state index in [0.717, 1.165) is 6.26 Å². The molecule has 0 amide bonds. The molecule has 4 nitrogen and oxygen atoms in total. The SMILES string of the molecule is C[C@H](O)[C@H](CO)S(C)(=O)=O. The maximum Gasteiger partial charge on any atom is 0.155 e. The molecule has 2 atom stereocenters. The van der Waals surface area contributed by atoms with Gasteiger partial charge in [0.2, 0.25) is 0 Å². The van der Waals surface area contributed by atoms with Gasteiger partial charge in [0.25, 0.3) is 0 Å². The van der Waals surface area contributed by atoms with Crippen LogP contribution in [0.3, 0.4) is 0 Å². The van der Waals surface area contributed by atoms with Crippen molar-refractivity contribution in [2.75, 3.05) is 12.9 Å². The molecule has 0 radical (unpaired) electrons. The second kappa shape index (κ2) is 3.32. The highest BCUT2D eigenvalue weighted by molar-refractivity contribution is 7.91. The molecule has 0 heterocycles. The van der Waals surface area contributed by atoms with E-state index in [1.165, 1.54) is 6.92 Å². The summed E-state index contributed by atoms with van der Waals surface area (Å²) in [5.41, 5.74) is 0. The molecule has 0 saturated carbocycles. The Kier molecular flexibility index (Phi) is 3.27. The van der Waals surface area contributed by atoms with Crippen LogP contribution >= 0.6 is 0 Å². The predicted octanol–water partition coefficient (Wildman–Crippen LogP) is -1.23. The number of rotatable bonds is 3. The van der Waals surface area contributed by atoms with Crippen molar-refractivity contribution < 1.29 is 18.6 Å². The van der Waals surface area contributed by atoms with Crippen LogP contribution in [-0.4, -0.2) is 42.8 Å². The van der Waals surface area contributed by atoms with Crippen LogP contribution in [0.2, 0.25) is 0 Å². The van der Waals surface area contributed by atoms with Gasteiger partial charge in [-0.3, -0.25) is 0 Å². The van der Waals surface area contributed by atoms with Crippen LogP contribution in [-0.2, 0) is 9.84 Å². The molecule has 0 spiro atoms. The number of aliphatic hydroxyl groups excluding tert-OH is 2. The van der Waals surface area contributed by atoms with Crippen molar-refractivity contribution >= 4 is 9.84 Å².